The maximum atomic E-state index is 13.3. The minimum absolute atomic E-state index is 0.0500. The molecule has 0 saturated heterocycles. The van der Waals surface area contributed by atoms with Crippen LogP contribution in [0.5, 0.6) is 0 Å². The molecule has 30 heavy (non-hydrogen) atoms. The number of nitrogens with one attached hydrogen (secondary N) is 2. The third kappa shape index (κ3) is 4.59. The van der Waals surface area contributed by atoms with Crippen LogP contribution in [0.2, 0.25) is 0 Å². The molecule has 2 N–H and O–H groups in total. The first kappa shape index (κ1) is 20.7. The van der Waals surface area contributed by atoms with E-state index in [1.807, 2.05) is 18.4 Å². The van der Waals surface area contributed by atoms with Crippen molar-refractivity contribution in [2.45, 2.75) is 50.9 Å². The van der Waals surface area contributed by atoms with Gasteiger partial charge in [0.1, 0.15) is 5.69 Å². The van der Waals surface area contributed by atoms with Crippen molar-refractivity contribution >= 4 is 33.8 Å². The van der Waals surface area contributed by atoms with Crippen molar-refractivity contribution in [2.75, 3.05) is 5.32 Å². The summed E-state index contributed by atoms with van der Waals surface area (Å²) >= 11 is 1.43. The van der Waals surface area contributed by atoms with E-state index in [2.05, 4.69) is 15.6 Å². The Hall–Kier alpha value is -2.61. The summed E-state index contributed by atoms with van der Waals surface area (Å²) in [4.78, 5) is 16.8. The highest BCUT2D eigenvalue weighted by molar-refractivity contribution is 7.12. The molecule has 1 aliphatic carbocycles. The highest BCUT2D eigenvalue weighted by Crippen LogP contribution is 2.34. The fourth-order valence-corrected chi connectivity index (χ4v) is 4.65. The molecule has 2 aromatic heterocycles. The zero-order chi connectivity index (χ0) is 21.3. The van der Waals surface area contributed by atoms with Crippen LogP contribution in [0.25, 0.3) is 10.9 Å². The van der Waals surface area contributed by atoms with Crippen molar-refractivity contribution < 1.29 is 18.0 Å². The molecule has 4 nitrogen and oxygen atoms in total. The highest BCUT2D eigenvalue weighted by Gasteiger charge is 2.33. The summed E-state index contributed by atoms with van der Waals surface area (Å²) < 4.78 is 39.8. The lowest BCUT2D eigenvalue weighted by atomic mass is 9.90. The van der Waals surface area contributed by atoms with Crippen molar-refractivity contribution in [3.63, 3.8) is 0 Å². The molecule has 0 spiro atoms. The molecule has 0 radical (unpaired) electrons. The number of thiophene rings is 1. The van der Waals surface area contributed by atoms with Crippen molar-refractivity contribution in [3.8, 4) is 0 Å². The average Bonchev–Trinajstić information content (AvgIpc) is 3.15. The molecule has 158 valence electrons. The Kier molecular flexibility index (Phi) is 5.69. The molecular formula is C22H22F3N3OS. The number of pyridine rings is 1. The number of amides is 1. The van der Waals surface area contributed by atoms with Crippen molar-refractivity contribution in [3.05, 3.63) is 57.9 Å². The number of rotatable bonds is 4. The van der Waals surface area contributed by atoms with Crippen LogP contribution in [0, 0.1) is 6.92 Å². The van der Waals surface area contributed by atoms with E-state index in [9.17, 15) is 18.0 Å². The molecule has 1 amide bonds. The molecule has 3 aromatic rings. The standard InChI is InChI=1S/C22H22F3N3OS/c1-13-10-19(30-12-13)21(29)27-15-8-6-14(7-9-15)26-18-11-20(22(23,24)25)28-17-5-3-2-4-16(17)18/h2-5,10-12,14-15H,6-9H2,1H3,(H,26,28)(H,27,29)/t14-,15+. The van der Waals surface area contributed by atoms with Crippen LogP contribution < -0.4 is 10.6 Å². The van der Waals surface area contributed by atoms with Gasteiger partial charge in [-0.25, -0.2) is 4.98 Å². The average molecular weight is 433 g/mol. The zero-order valence-corrected chi connectivity index (χ0v) is 17.2. The van der Waals surface area contributed by atoms with Gasteiger partial charge >= 0.3 is 6.18 Å². The second-order valence-electron chi connectivity index (χ2n) is 7.72. The number of para-hydroxylation sites is 1. The summed E-state index contributed by atoms with van der Waals surface area (Å²) in [6.45, 7) is 1.96. The molecule has 1 saturated carbocycles. The zero-order valence-electron chi connectivity index (χ0n) is 16.4. The van der Waals surface area contributed by atoms with E-state index in [1.54, 1.807) is 24.3 Å². The van der Waals surface area contributed by atoms with Gasteiger partial charge in [0.2, 0.25) is 0 Å². The Morgan fingerprint density at radius 2 is 1.80 bits per heavy atom. The number of nitrogens with zero attached hydrogens (tertiary/aromatic N) is 1. The Balaban J connectivity index is 1.42. The molecule has 2 heterocycles. The van der Waals surface area contributed by atoms with Gasteiger partial charge in [-0.15, -0.1) is 11.3 Å². The number of fused-ring (bicyclic) bond motifs is 1. The van der Waals surface area contributed by atoms with Crippen molar-refractivity contribution in [2.24, 2.45) is 0 Å². The Labute approximate surface area is 176 Å². The first-order valence-corrected chi connectivity index (χ1v) is 10.8. The normalized spacial score (nSPS) is 19.6. The topological polar surface area (TPSA) is 54.0 Å². The van der Waals surface area contributed by atoms with E-state index in [4.69, 9.17) is 0 Å². The molecule has 0 bridgehead atoms. The molecule has 1 aromatic carbocycles. The van der Waals surface area contributed by atoms with Gasteiger partial charge in [0, 0.05) is 23.2 Å². The van der Waals surface area contributed by atoms with Crippen LogP contribution in [0.4, 0.5) is 18.9 Å². The number of hydrogen-bond acceptors (Lipinski definition) is 4. The van der Waals surface area contributed by atoms with Gasteiger partial charge in [0.25, 0.3) is 5.91 Å². The van der Waals surface area contributed by atoms with Crippen LogP contribution in [-0.2, 0) is 6.18 Å². The van der Waals surface area contributed by atoms with E-state index in [1.165, 1.54) is 11.3 Å². The first-order valence-electron chi connectivity index (χ1n) is 9.89. The molecule has 0 aliphatic heterocycles. The maximum absolute atomic E-state index is 13.3. The van der Waals surface area contributed by atoms with Gasteiger partial charge in [0.15, 0.2) is 0 Å². The number of hydrogen-bond donors (Lipinski definition) is 2. The molecule has 8 heteroatoms. The number of carbonyl (C=O) groups is 1. The number of carbonyl (C=O) groups excluding carboxylic acids is 1. The Bertz CT molecular complexity index is 1060. The van der Waals surface area contributed by atoms with Crippen LogP contribution in [-0.4, -0.2) is 23.0 Å². The summed E-state index contributed by atoms with van der Waals surface area (Å²) in [6.07, 6.45) is -1.40. The molecule has 0 atom stereocenters. The molecule has 1 aliphatic rings. The lowest BCUT2D eigenvalue weighted by molar-refractivity contribution is -0.140. The highest BCUT2D eigenvalue weighted by atomic mass is 32.1. The monoisotopic (exact) mass is 433 g/mol. The third-order valence-corrected chi connectivity index (χ3v) is 6.43. The summed E-state index contributed by atoms with van der Waals surface area (Å²) in [5, 5.41) is 8.99. The van der Waals surface area contributed by atoms with Crippen molar-refractivity contribution in [1.82, 2.24) is 10.3 Å². The summed E-state index contributed by atoms with van der Waals surface area (Å²) in [5.74, 6) is -0.0561. The fourth-order valence-electron chi connectivity index (χ4n) is 3.85. The Morgan fingerprint density at radius 1 is 1.10 bits per heavy atom. The van der Waals surface area contributed by atoms with Crippen LogP contribution in [0.1, 0.15) is 46.6 Å². The summed E-state index contributed by atoms with van der Waals surface area (Å²) in [7, 11) is 0. The number of aryl methyl sites for hydroxylation is 1. The van der Waals surface area contributed by atoms with Gasteiger partial charge < -0.3 is 10.6 Å². The van der Waals surface area contributed by atoms with E-state index in [0.717, 1.165) is 37.3 Å². The summed E-state index contributed by atoms with van der Waals surface area (Å²) in [6, 6.07) is 9.94. The third-order valence-electron chi connectivity index (χ3n) is 5.38. The molecule has 4 rings (SSSR count). The minimum Gasteiger partial charge on any atom is -0.382 e. The number of alkyl halides is 3. The van der Waals surface area contributed by atoms with Gasteiger partial charge in [-0.05, 0) is 61.7 Å². The fraction of sp³-hybridized carbons (Fsp3) is 0.364. The maximum Gasteiger partial charge on any atom is 0.433 e. The predicted molar refractivity (Wildman–Crippen MR) is 113 cm³/mol. The first-order chi connectivity index (χ1) is 14.3. The SMILES string of the molecule is Cc1csc(C(=O)N[C@H]2CC[C@@H](Nc3cc(C(F)(F)F)nc4ccccc34)CC2)c1. The Morgan fingerprint density at radius 3 is 2.47 bits per heavy atom. The van der Waals surface area contributed by atoms with Gasteiger partial charge in [0.05, 0.1) is 10.4 Å². The van der Waals surface area contributed by atoms with Crippen LogP contribution >= 0.6 is 11.3 Å². The van der Waals surface area contributed by atoms with Gasteiger partial charge in [-0.3, -0.25) is 4.79 Å². The largest absolute Gasteiger partial charge is 0.433 e. The van der Waals surface area contributed by atoms with Crippen molar-refractivity contribution in [1.29, 1.82) is 0 Å². The molecule has 1 fully saturated rings. The lowest BCUT2D eigenvalue weighted by Crippen LogP contribution is -2.40. The van der Waals surface area contributed by atoms with E-state index >= 15 is 0 Å². The number of benzene rings is 1. The molecular weight excluding hydrogens is 411 g/mol. The van der Waals surface area contributed by atoms with Gasteiger partial charge in [-0.1, -0.05) is 18.2 Å². The molecule has 0 unspecified atom stereocenters. The summed E-state index contributed by atoms with van der Waals surface area (Å²) in [5.41, 5.74) is 0.952. The number of aromatic nitrogens is 1. The van der Waals surface area contributed by atoms with E-state index in [0.29, 0.717) is 21.5 Å². The van der Waals surface area contributed by atoms with E-state index < -0.39 is 11.9 Å². The number of anilines is 1. The smallest absolute Gasteiger partial charge is 0.382 e. The van der Waals surface area contributed by atoms with Gasteiger partial charge in [-0.2, -0.15) is 13.2 Å². The predicted octanol–water partition coefficient (Wildman–Crippen LogP) is 5.78. The number of halogens is 3. The van der Waals surface area contributed by atoms with E-state index in [-0.39, 0.29) is 18.0 Å². The second kappa shape index (κ2) is 8.26. The minimum atomic E-state index is -4.50. The van der Waals surface area contributed by atoms with Crippen LogP contribution in [0.15, 0.2) is 41.8 Å². The second-order valence-corrected chi connectivity index (χ2v) is 8.64. The van der Waals surface area contributed by atoms with Crippen LogP contribution in [0.3, 0.4) is 0 Å². The lowest BCUT2D eigenvalue weighted by Gasteiger charge is -2.30. The quantitative estimate of drug-likeness (QED) is 0.549.